The van der Waals surface area contributed by atoms with Crippen LogP contribution in [0, 0.1) is 0 Å². The SMILES string of the molecule is C1=NC=c2ccccc2=C2CN=NN12. The molecule has 3 rings (SSSR count). The van der Waals surface area contributed by atoms with Crippen molar-refractivity contribution in [1.82, 2.24) is 5.01 Å². The summed E-state index contributed by atoms with van der Waals surface area (Å²) in [6, 6.07) is 8.13. The molecule has 0 unspecified atom stereocenters. The van der Waals surface area contributed by atoms with Gasteiger partial charge >= 0.3 is 0 Å². The summed E-state index contributed by atoms with van der Waals surface area (Å²) in [5.74, 6) is 0. The molecule has 2 aliphatic rings. The lowest BCUT2D eigenvalue weighted by molar-refractivity contribution is 0.638. The third-order valence-electron chi connectivity index (χ3n) is 2.32. The molecule has 0 saturated heterocycles. The molecule has 2 heterocycles. The lowest BCUT2D eigenvalue weighted by atomic mass is 10.2. The van der Waals surface area contributed by atoms with E-state index in [0.717, 1.165) is 16.1 Å². The highest BCUT2D eigenvalue weighted by Crippen LogP contribution is 2.11. The van der Waals surface area contributed by atoms with Crippen LogP contribution in [-0.2, 0) is 0 Å². The van der Waals surface area contributed by atoms with E-state index >= 15 is 0 Å². The van der Waals surface area contributed by atoms with Gasteiger partial charge < -0.3 is 0 Å². The third-order valence-corrected chi connectivity index (χ3v) is 2.32. The van der Waals surface area contributed by atoms with Crippen molar-refractivity contribution in [1.29, 1.82) is 0 Å². The fourth-order valence-corrected chi connectivity index (χ4v) is 1.64. The Morgan fingerprint density at radius 2 is 2.14 bits per heavy atom. The molecule has 0 saturated carbocycles. The van der Waals surface area contributed by atoms with E-state index in [9.17, 15) is 0 Å². The van der Waals surface area contributed by atoms with Crippen molar-refractivity contribution in [2.45, 2.75) is 0 Å². The van der Waals surface area contributed by atoms with E-state index in [2.05, 4.69) is 21.4 Å². The molecule has 1 aromatic rings. The summed E-state index contributed by atoms with van der Waals surface area (Å²) in [5.41, 5.74) is 1.10. The molecule has 0 atom stereocenters. The molecule has 0 fully saturated rings. The van der Waals surface area contributed by atoms with E-state index in [0.29, 0.717) is 6.54 Å². The average Bonchev–Trinajstić information content (AvgIpc) is 2.61. The van der Waals surface area contributed by atoms with Crippen molar-refractivity contribution in [3.05, 3.63) is 34.7 Å². The van der Waals surface area contributed by atoms with E-state index < -0.39 is 0 Å². The maximum absolute atomic E-state index is 4.16. The second-order valence-corrected chi connectivity index (χ2v) is 3.16. The number of nitrogens with zero attached hydrogens (tertiary/aromatic N) is 4. The van der Waals surface area contributed by atoms with Crippen LogP contribution in [-0.4, -0.2) is 17.9 Å². The fourth-order valence-electron chi connectivity index (χ4n) is 1.64. The van der Waals surface area contributed by atoms with Crippen molar-refractivity contribution in [2.75, 3.05) is 6.54 Å². The molecule has 4 nitrogen and oxygen atoms in total. The fraction of sp³-hybridized carbons (Fsp3) is 0.100. The van der Waals surface area contributed by atoms with E-state index in [1.165, 1.54) is 0 Å². The number of fused-ring (bicyclic) bond motifs is 2. The zero-order valence-corrected chi connectivity index (χ0v) is 7.46. The van der Waals surface area contributed by atoms with Crippen LogP contribution in [0.3, 0.4) is 0 Å². The van der Waals surface area contributed by atoms with Gasteiger partial charge in [-0.25, -0.2) is 10.0 Å². The number of benzene rings is 1. The Morgan fingerprint density at radius 3 is 3.14 bits per heavy atom. The summed E-state index contributed by atoms with van der Waals surface area (Å²) >= 11 is 0. The van der Waals surface area contributed by atoms with E-state index in [1.807, 2.05) is 24.4 Å². The van der Waals surface area contributed by atoms with Gasteiger partial charge in [0, 0.05) is 16.6 Å². The molecule has 0 N–H and O–H groups in total. The Hall–Kier alpha value is -1.97. The summed E-state index contributed by atoms with van der Waals surface area (Å²) < 4.78 is 0. The molecule has 2 aliphatic heterocycles. The summed E-state index contributed by atoms with van der Waals surface area (Å²) in [4.78, 5) is 4.16. The van der Waals surface area contributed by atoms with Crippen molar-refractivity contribution in [3.8, 4) is 0 Å². The van der Waals surface area contributed by atoms with Gasteiger partial charge in [-0.2, -0.15) is 5.11 Å². The molecule has 1 aromatic carbocycles. The number of rotatable bonds is 0. The quantitative estimate of drug-likeness (QED) is 0.570. The summed E-state index contributed by atoms with van der Waals surface area (Å²) in [6.45, 7) is 0.636. The van der Waals surface area contributed by atoms with Crippen LogP contribution >= 0.6 is 0 Å². The molecule has 0 spiro atoms. The lowest BCUT2D eigenvalue weighted by Crippen LogP contribution is -2.29. The minimum atomic E-state index is 0.636. The molecule has 0 aliphatic carbocycles. The van der Waals surface area contributed by atoms with E-state index in [4.69, 9.17) is 0 Å². The largest absolute Gasteiger partial charge is 0.244 e. The number of hydrogen-bond acceptors (Lipinski definition) is 4. The van der Waals surface area contributed by atoms with E-state index in [1.54, 1.807) is 11.3 Å². The molecule has 68 valence electrons. The molecule has 0 aromatic heterocycles. The molecule has 0 bridgehead atoms. The molecule has 0 radical (unpaired) electrons. The molecule has 14 heavy (non-hydrogen) atoms. The Balaban J connectivity index is 2.43. The van der Waals surface area contributed by atoms with Gasteiger partial charge in [-0.15, -0.1) is 0 Å². The Morgan fingerprint density at radius 1 is 1.21 bits per heavy atom. The van der Waals surface area contributed by atoms with Crippen LogP contribution in [0.5, 0.6) is 0 Å². The topological polar surface area (TPSA) is 40.3 Å². The molecule has 0 amide bonds. The monoisotopic (exact) mass is 184 g/mol. The summed E-state index contributed by atoms with van der Waals surface area (Å²) in [7, 11) is 0. The van der Waals surface area contributed by atoms with Crippen molar-refractivity contribution < 1.29 is 0 Å². The van der Waals surface area contributed by atoms with Gasteiger partial charge in [-0.1, -0.05) is 29.5 Å². The molecular weight excluding hydrogens is 176 g/mol. The smallest absolute Gasteiger partial charge is 0.118 e. The second-order valence-electron chi connectivity index (χ2n) is 3.16. The summed E-state index contributed by atoms with van der Waals surface area (Å²) in [5, 5.41) is 12.0. The maximum atomic E-state index is 4.16. The predicted octanol–water partition coefficient (Wildman–Crippen LogP) is 0.258. The molecular formula is C10H8N4. The first-order valence-corrected chi connectivity index (χ1v) is 4.43. The first-order chi connectivity index (χ1) is 6.95. The number of hydrogen-bond donors (Lipinski definition) is 0. The first-order valence-electron chi connectivity index (χ1n) is 4.43. The highest BCUT2D eigenvalue weighted by Gasteiger charge is 2.14. The van der Waals surface area contributed by atoms with E-state index in [-0.39, 0.29) is 0 Å². The van der Waals surface area contributed by atoms with Crippen molar-refractivity contribution >= 4 is 18.2 Å². The zero-order valence-electron chi connectivity index (χ0n) is 7.46. The van der Waals surface area contributed by atoms with Gasteiger partial charge in [0.2, 0.25) is 0 Å². The van der Waals surface area contributed by atoms with Crippen LogP contribution in [0.1, 0.15) is 0 Å². The first kappa shape index (κ1) is 7.44. The standard InChI is InChI=1S/C10H8N4/c1-2-4-9-8(3-1)5-11-7-14-10(9)6-12-13-14/h1-5,7H,6H2. The normalized spacial score (nSPS) is 17.4. The van der Waals surface area contributed by atoms with Gasteiger partial charge in [0.05, 0.1) is 5.70 Å². The lowest BCUT2D eigenvalue weighted by Gasteiger charge is -2.05. The Labute approximate surface area is 80.6 Å². The van der Waals surface area contributed by atoms with Crippen LogP contribution in [0.2, 0.25) is 0 Å². The van der Waals surface area contributed by atoms with Gasteiger partial charge in [-0.05, 0) is 0 Å². The number of aliphatic imine (C=N–C) groups is 1. The summed E-state index contributed by atoms with van der Waals surface area (Å²) in [6.07, 6.45) is 3.53. The highest BCUT2D eigenvalue weighted by atomic mass is 15.6. The average molecular weight is 184 g/mol. The highest BCUT2D eigenvalue weighted by molar-refractivity contribution is 5.72. The third kappa shape index (κ3) is 0.970. The van der Waals surface area contributed by atoms with Crippen LogP contribution in [0.25, 0.3) is 11.9 Å². The minimum absolute atomic E-state index is 0.636. The maximum Gasteiger partial charge on any atom is 0.118 e. The van der Waals surface area contributed by atoms with Gasteiger partial charge in [0.15, 0.2) is 0 Å². The Kier molecular flexibility index (Phi) is 1.47. The Bertz CT molecular complexity index is 541. The minimum Gasteiger partial charge on any atom is -0.244 e. The van der Waals surface area contributed by atoms with Crippen molar-refractivity contribution in [3.63, 3.8) is 0 Å². The van der Waals surface area contributed by atoms with Crippen LogP contribution < -0.4 is 10.4 Å². The van der Waals surface area contributed by atoms with Gasteiger partial charge in [-0.3, -0.25) is 0 Å². The van der Waals surface area contributed by atoms with Crippen LogP contribution in [0.15, 0.2) is 39.6 Å². The van der Waals surface area contributed by atoms with Crippen LogP contribution in [0.4, 0.5) is 0 Å². The predicted molar refractivity (Wildman–Crippen MR) is 53.6 cm³/mol. The van der Waals surface area contributed by atoms with Crippen molar-refractivity contribution in [2.24, 2.45) is 15.3 Å². The molecule has 4 heteroatoms. The van der Waals surface area contributed by atoms with Gasteiger partial charge in [0.1, 0.15) is 12.9 Å². The van der Waals surface area contributed by atoms with Gasteiger partial charge in [0.25, 0.3) is 0 Å². The second kappa shape index (κ2) is 2.77. The zero-order chi connectivity index (χ0) is 9.38.